The minimum absolute atomic E-state index is 0.0286. The number of fused-ring (bicyclic) bond motifs is 1. The van der Waals surface area contributed by atoms with Gasteiger partial charge in [-0.3, -0.25) is 4.79 Å². The number of aryl methyl sites for hydroxylation is 1. The Morgan fingerprint density at radius 1 is 1.12 bits per heavy atom. The van der Waals surface area contributed by atoms with Crippen LogP contribution in [0, 0.1) is 6.92 Å². The highest BCUT2D eigenvalue weighted by Crippen LogP contribution is 2.38. The summed E-state index contributed by atoms with van der Waals surface area (Å²) < 4.78 is 16.3. The van der Waals surface area contributed by atoms with E-state index < -0.39 is 0 Å². The van der Waals surface area contributed by atoms with Crippen molar-refractivity contribution in [2.75, 3.05) is 14.2 Å². The maximum Gasteiger partial charge on any atom is 0.257 e. The first kappa shape index (κ1) is 21.1. The van der Waals surface area contributed by atoms with E-state index in [1.165, 1.54) is 12.5 Å². The number of hydrogen-bond acceptors (Lipinski definition) is 5. The normalized spacial score (nSPS) is 13.2. The van der Waals surface area contributed by atoms with Crippen molar-refractivity contribution < 1.29 is 18.7 Å². The molecule has 2 aromatic heterocycles. The van der Waals surface area contributed by atoms with E-state index in [1.807, 2.05) is 29.2 Å². The van der Waals surface area contributed by atoms with Crippen molar-refractivity contribution in [3.8, 4) is 22.8 Å². The molecule has 2 heterocycles. The molecule has 168 valence electrons. The molecule has 2 aromatic carbocycles. The summed E-state index contributed by atoms with van der Waals surface area (Å²) in [6.07, 6.45) is 5.04. The number of amides is 1. The zero-order valence-corrected chi connectivity index (χ0v) is 19.0. The van der Waals surface area contributed by atoms with Crippen molar-refractivity contribution in [1.29, 1.82) is 0 Å². The van der Waals surface area contributed by atoms with E-state index in [9.17, 15) is 4.79 Å². The Morgan fingerprint density at radius 3 is 2.67 bits per heavy atom. The minimum Gasteiger partial charge on any atom is -0.497 e. The second-order valence-corrected chi connectivity index (χ2v) is 8.39. The van der Waals surface area contributed by atoms with E-state index in [2.05, 4.69) is 25.1 Å². The zero-order chi connectivity index (χ0) is 22.9. The van der Waals surface area contributed by atoms with Crippen LogP contribution in [0.1, 0.15) is 34.3 Å². The monoisotopic (exact) mass is 442 g/mol. The standard InChI is InChI=1S/C27H26N2O4/c1-17-5-4-6-18-13-20(15-29(21-7-8-21)27(30)19-11-12-33-16-19)26(28-25(17)18)23-14-22(31-2)9-10-24(23)32-3/h4-6,9-14,16,21H,7-8,15H2,1-3H3. The van der Waals surface area contributed by atoms with Crippen molar-refractivity contribution in [2.24, 2.45) is 0 Å². The zero-order valence-electron chi connectivity index (χ0n) is 19.0. The van der Waals surface area contributed by atoms with Gasteiger partial charge in [0.1, 0.15) is 17.8 Å². The van der Waals surface area contributed by atoms with Gasteiger partial charge in [0.25, 0.3) is 5.91 Å². The first-order valence-electron chi connectivity index (χ1n) is 11.0. The first-order chi connectivity index (χ1) is 16.1. The third-order valence-corrected chi connectivity index (χ3v) is 6.15. The number of methoxy groups -OCH3 is 2. The summed E-state index contributed by atoms with van der Waals surface area (Å²) in [5.74, 6) is 1.40. The summed E-state index contributed by atoms with van der Waals surface area (Å²) in [6.45, 7) is 2.50. The van der Waals surface area contributed by atoms with Gasteiger partial charge in [-0.15, -0.1) is 0 Å². The molecule has 0 saturated heterocycles. The Labute approximate surface area is 192 Å². The SMILES string of the molecule is COc1ccc(OC)c(-c2nc3c(C)cccc3cc2CN(C(=O)c2ccoc2)C2CC2)c1. The fourth-order valence-electron chi connectivity index (χ4n) is 4.23. The topological polar surface area (TPSA) is 64.8 Å². The summed E-state index contributed by atoms with van der Waals surface area (Å²) in [4.78, 5) is 20.3. The van der Waals surface area contributed by atoms with Crippen molar-refractivity contribution in [2.45, 2.75) is 32.4 Å². The minimum atomic E-state index is -0.0286. The molecule has 6 heteroatoms. The highest BCUT2D eigenvalue weighted by Gasteiger charge is 2.34. The Morgan fingerprint density at radius 2 is 1.97 bits per heavy atom. The quantitative estimate of drug-likeness (QED) is 0.371. The molecule has 0 radical (unpaired) electrons. The number of rotatable bonds is 7. The Bertz CT molecular complexity index is 1310. The number of ether oxygens (including phenoxy) is 2. The third kappa shape index (κ3) is 4.04. The van der Waals surface area contributed by atoms with Crippen LogP contribution in [0.3, 0.4) is 0 Å². The first-order valence-corrected chi connectivity index (χ1v) is 11.0. The van der Waals surface area contributed by atoms with Crippen LogP contribution in [0.4, 0.5) is 0 Å². The van der Waals surface area contributed by atoms with Crippen LogP contribution in [-0.4, -0.2) is 36.1 Å². The molecule has 0 atom stereocenters. The van der Waals surface area contributed by atoms with E-state index in [-0.39, 0.29) is 11.9 Å². The van der Waals surface area contributed by atoms with Gasteiger partial charge in [0.2, 0.25) is 0 Å². The molecule has 6 nitrogen and oxygen atoms in total. The second kappa shape index (κ2) is 8.62. The molecule has 0 spiro atoms. The van der Waals surface area contributed by atoms with Crippen LogP contribution in [0.2, 0.25) is 0 Å². The molecular weight excluding hydrogens is 416 g/mol. The molecular formula is C27H26N2O4. The van der Waals surface area contributed by atoms with E-state index in [4.69, 9.17) is 18.9 Å². The molecule has 0 aliphatic heterocycles. The van der Waals surface area contributed by atoms with Crippen LogP contribution in [0.15, 0.2) is 65.5 Å². The number of carbonyl (C=O) groups excluding carboxylic acids is 1. The molecule has 1 amide bonds. The molecule has 1 aliphatic carbocycles. The summed E-state index contributed by atoms with van der Waals surface area (Å²) in [5.41, 5.74) is 5.17. The Balaban J connectivity index is 1.67. The van der Waals surface area contributed by atoms with E-state index >= 15 is 0 Å². The van der Waals surface area contributed by atoms with Gasteiger partial charge in [-0.2, -0.15) is 0 Å². The van der Waals surface area contributed by atoms with Gasteiger partial charge in [-0.1, -0.05) is 18.2 Å². The van der Waals surface area contributed by atoms with Crippen molar-refractivity contribution >= 4 is 16.8 Å². The number of carbonyl (C=O) groups is 1. The Kier molecular flexibility index (Phi) is 5.50. The lowest BCUT2D eigenvalue weighted by molar-refractivity contribution is 0.0729. The predicted molar refractivity (Wildman–Crippen MR) is 127 cm³/mol. The van der Waals surface area contributed by atoms with Gasteiger partial charge >= 0.3 is 0 Å². The van der Waals surface area contributed by atoms with Crippen LogP contribution in [0.25, 0.3) is 22.2 Å². The van der Waals surface area contributed by atoms with Gasteiger partial charge < -0.3 is 18.8 Å². The molecule has 4 aromatic rings. The van der Waals surface area contributed by atoms with Gasteiger partial charge in [-0.25, -0.2) is 4.98 Å². The smallest absolute Gasteiger partial charge is 0.257 e. The van der Waals surface area contributed by atoms with Crippen LogP contribution in [0.5, 0.6) is 11.5 Å². The van der Waals surface area contributed by atoms with Gasteiger partial charge in [0, 0.05) is 23.5 Å². The van der Waals surface area contributed by atoms with E-state index in [1.54, 1.807) is 20.3 Å². The third-order valence-electron chi connectivity index (χ3n) is 6.15. The van der Waals surface area contributed by atoms with Crippen molar-refractivity contribution in [3.63, 3.8) is 0 Å². The number of furan rings is 1. The number of pyridine rings is 1. The highest BCUT2D eigenvalue weighted by molar-refractivity contribution is 5.94. The lowest BCUT2D eigenvalue weighted by atomic mass is 10.00. The predicted octanol–water partition coefficient (Wildman–Crippen LogP) is 5.63. The lowest BCUT2D eigenvalue weighted by Crippen LogP contribution is -2.32. The molecule has 1 saturated carbocycles. The maximum absolute atomic E-state index is 13.3. The summed E-state index contributed by atoms with van der Waals surface area (Å²) in [7, 11) is 3.29. The summed E-state index contributed by atoms with van der Waals surface area (Å²) >= 11 is 0. The molecule has 1 aliphatic rings. The average Bonchev–Trinajstić information content (AvgIpc) is 3.53. The van der Waals surface area contributed by atoms with Crippen LogP contribution >= 0.6 is 0 Å². The van der Waals surface area contributed by atoms with E-state index in [0.717, 1.165) is 51.9 Å². The van der Waals surface area contributed by atoms with Crippen LogP contribution < -0.4 is 9.47 Å². The molecule has 0 bridgehead atoms. The number of hydrogen-bond donors (Lipinski definition) is 0. The average molecular weight is 443 g/mol. The number of para-hydroxylation sites is 1. The highest BCUT2D eigenvalue weighted by atomic mass is 16.5. The Hall–Kier alpha value is -3.80. The number of aromatic nitrogens is 1. The van der Waals surface area contributed by atoms with Crippen molar-refractivity contribution in [1.82, 2.24) is 9.88 Å². The van der Waals surface area contributed by atoms with Gasteiger partial charge in [0.15, 0.2) is 0 Å². The summed E-state index contributed by atoms with van der Waals surface area (Å²) in [5, 5.41) is 1.04. The summed E-state index contributed by atoms with van der Waals surface area (Å²) in [6, 6.07) is 15.9. The molecule has 5 rings (SSSR count). The fourth-order valence-corrected chi connectivity index (χ4v) is 4.23. The lowest BCUT2D eigenvalue weighted by Gasteiger charge is -2.24. The van der Waals surface area contributed by atoms with Crippen LogP contribution in [-0.2, 0) is 6.54 Å². The van der Waals surface area contributed by atoms with E-state index in [0.29, 0.717) is 17.9 Å². The molecule has 0 N–H and O–H groups in total. The maximum atomic E-state index is 13.3. The second-order valence-electron chi connectivity index (χ2n) is 8.39. The molecule has 33 heavy (non-hydrogen) atoms. The number of nitrogens with zero attached hydrogens (tertiary/aromatic N) is 2. The number of benzene rings is 2. The van der Waals surface area contributed by atoms with Gasteiger partial charge in [0.05, 0.1) is 37.3 Å². The molecule has 1 fully saturated rings. The van der Waals surface area contributed by atoms with Gasteiger partial charge in [-0.05, 0) is 61.2 Å². The fraction of sp³-hybridized carbons (Fsp3) is 0.259. The molecule has 0 unspecified atom stereocenters. The largest absolute Gasteiger partial charge is 0.497 e. The van der Waals surface area contributed by atoms with Crippen molar-refractivity contribution in [3.05, 3.63) is 77.7 Å².